The number of rotatable bonds is 6. The molecule has 5 nitrogen and oxygen atoms in total. The molecule has 27 heavy (non-hydrogen) atoms. The first-order valence-electron chi connectivity index (χ1n) is 9.22. The molecule has 1 heterocycles. The van der Waals surface area contributed by atoms with Crippen LogP contribution in [0.15, 0.2) is 64.8 Å². The van der Waals surface area contributed by atoms with Gasteiger partial charge in [-0.3, -0.25) is 4.90 Å². The van der Waals surface area contributed by atoms with Crippen LogP contribution >= 0.6 is 11.8 Å². The molecule has 1 fully saturated rings. The molecule has 2 aromatic rings. The van der Waals surface area contributed by atoms with E-state index in [-0.39, 0.29) is 0 Å². The molecule has 0 saturated carbocycles. The second kappa shape index (κ2) is 10.3. The zero-order valence-corrected chi connectivity index (χ0v) is 16.6. The van der Waals surface area contributed by atoms with Crippen LogP contribution in [0.1, 0.15) is 16.7 Å². The molecule has 3 rings (SSSR count). The van der Waals surface area contributed by atoms with Gasteiger partial charge in [0, 0.05) is 38.5 Å². The number of likely N-dealkylation sites (N-methyl/N-ethyl adjacent to an activating group) is 1. The molecule has 1 aliphatic rings. The Morgan fingerprint density at radius 3 is 2.41 bits per heavy atom. The maximum atomic E-state index is 5.91. The molecular weight excluding hydrogens is 354 g/mol. The predicted octanol–water partition coefficient (Wildman–Crippen LogP) is 3.02. The minimum Gasteiger partial charge on any atom is -0.377 e. The van der Waals surface area contributed by atoms with Crippen LogP contribution in [-0.4, -0.2) is 54.4 Å². The first-order chi connectivity index (χ1) is 13.2. The number of thioether (sulfide) groups is 1. The Morgan fingerprint density at radius 2 is 1.70 bits per heavy atom. The first-order valence-corrected chi connectivity index (χ1v) is 10.2. The number of benzene rings is 2. The highest BCUT2D eigenvalue weighted by atomic mass is 32.2. The SMILES string of the molecule is CN1CCN(Cc2ccc(C=NN=C(N)SCc3ccccc3)cc2)CC1. The largest absolute Gasteiger partial charge is 0.377 e. The van der Waals surface area contributed by atoms with Crippen molar-refractivity contribution in [1.29, 1.82) is 0 Å². The fourth-order valence-electron chi connectivity index (χ4n) is 2.89. The molecule has 0 aliphatic carbocycles. The van der Waals surface area contributed by atoms with E-state index < -0.39 is 0 Å². The zero-order chi connectivity index (χ0) is 18.9. The van der Waals surface area contributed by atoms with Gasteiger partial charge in [-0.25, -0.2) is 0 Å². The summed E-state index contributed by atoms with van der Waals surface area (Å²) >= 11 is 1.49. The summed E-state index contributed by atoms with van der Waals surface area (Å²) in [4.78, 5) is 4.87. The Bertz CT molecular complexity index is 750. The van der Waals surface area contributed by atoms with E-state index in [2.05, 4.69) is 63.4 Å². The zero-order valence-electron chi connectivity index (χ0n) is 15.8. The third kappa shape index (κ3) is 6.82. The summed E-state index contributed by atoms with van der Waals surface area (Å²) in [5.74, 6) is 0.798. The monoisotopic (exact) mass is 381 g/mol. The normalized spacial score (nSPS) is 16.9. The van der Waals surface area contributed by atoms with Gasteiger partial charge < -0.3 is 10.6 Å². The molecule has 142 valence electrons. The number of nitrogens with zero attached hydrogens (tertiary/aromatic N) is 4. The number of hydrogen-bond donors (Lipinski definition) is 1. The van der Waals surface area contributed by atoms with Crippen molar-refractivity contribution in [3.8, 4) is 0 Å². The highest BCUT2D eigenvalue weighted by molar-refractivity contribution is 8.13. The van der Waals surface area contributed by atoms with E-state index in [0.717, 1.165) is 44.0 Å². The lowest BCUT2D eigenvalue weighted by molar-refractivity contribution is 0.148. The molecule has 1 aliphatic heterocycles. The minimum absolute atomic E-state index is 0.474. The maximum absolute atomic E-state index is 5.91. The highest BCUT2D eigenvalue weighted by Gasteiger charge is 2.13. The topological polar surface area (TPSA) is 57.2 Å². The smallest absolute Gasteiger partial charge is 0.180 e. The third-order valence-corrected chi connectivity index (χ3v) is 5.43. The molecule has 0 atom stereocenters. The minimum atomic E-state index is 0.474. The van der Waals surface area contributed by atoms with Crippen LogP contribution in [0.2, 0.25) is 0 Å². The van der Waals surface area contributed by atoms with Gasteiger partial charge in [-0.15, -0.1) is 5.10 Å². The molecule has 0 spiro atoms. The third-order valence-electron chi connectivity index (χ3n) is 4.57. The van der Waals surface area contributed by atoms with E-state index in [1.165, 1.54) is 22.9 Å². The van der Waals surface area contributed by atoms with Crippen molar-refractivity contribution in [3.63, 3.8) is 0 Å². The number of piperazine rings is 1. The second-order valence-electron chi connectivity index (χ2n) is 6.78. The number of amidine groups is 1. The van der Waals surface area contributed by atoms with Crippen LogP contribution < -0.4 is 5.73 Å². The number of nitrogens with two attached hydrogens (primary N) is 1. The molecule has 2 aromatic carbocycles. The predicted molar refractivity (Wildman–Crippen MR) is 116 cm³/mol. The van der Waals surface area contributed by atoms with Crippen molar-refractivity contribution >= 4 is 23.1 Å². The lowest BCUT2D eigenvalue weighted by Crippen LogP contribution is -2.43. The van der Waals surface area contributed by atoms with E-state index in [9.17, 15) is 0 Å². The Balaban J connectivity index is 1.45. The summed E-state index contributed by atoms with van der Waals surface area (Å²) in [7, 11) is 2.18. The van der Waals surface area contributed by atoms with Crippen LogP contribution in [0.3, 0.4) is 0 Å². The van der Waals surface area contributed by atoms with E-state index >= 15 is 0 Å². The Hall–Kier alpha value is -2.15. The molecule has 6 heteroatoms. The van der Waals surface area contributed by atoms with Crippen LogP contribution in [0, 0.1) is 0 Å². The first kappa shape index (κ1) is 19.6. The van der Waals surface area contributed by atoms with Crippen molar-refractivity contribution in [3.05, 3.63) is 71.3 Å². The van der Waals surface area contributed by atoms with Gasteiger partial charge in [-0.05, 0) is 23.7 Å². The Morgan fingerprint density at radius 1 is 1.00 bits per heavy atom. The summed E-state index contributed by atoms with van der Waals surface area (Å²) in [6.07, 6.45) is 1.75. The molecular formula is C21H27N5S. The van der Waals surface area contributed by atoms with E-state index in [1.54, 1.807) is 6.21 Å². The lowest BCUT2D eigenvalue weighted by Gasteiger charge is -2.32. The van der Waals surface area contributed by atoms with Crippen molar-refractivity contribution in [1.82, 2.24) is 9.80 Å². The van der Waals surface area contributed by atoms with Gasteiger partial charge in [0.15, 0.2) is 5.17 Å². The molecule has 0 unspecified atom stereocenters. The lowest BCUT2D eigenvalue weighted by atomic mass is 10.1. The summed E-state index contributed by atoms with van der Waals surface area (Å²) < 4.78 is 0. The molecule has 0 amide bonds. The Labute approximate surface area is 166 Å². The van der Waals surface area contributed by atoms with E-state index in [4.69, 9.17) is 5.73 Å². The highest BCUT2D eigenvalue weighted by Crippen LogP contribution is 2.12. The molecule has 0 radical (unpaired) electrons. The van der Waals surface area contributed by atoms with Crippen LogP contribution in [0.5, 0.6) is 0 Å². The Kier molecular flexibility index (Phi) is 7.45. The van der Waals surface area contributed by atoms with Crippen molar-refractivity contribution < 1.29 is 0 Å². The molecule has 1 saturated heterocycles. The van der Waals surface area contributed by atoms with Crippen molar-refractivity contribution in [2.24, 2.45) is 15.9 Å². The quantitative estimate of drug-likeness (QED) is 0.475. The van der Waals surface area contributed by atoms with Gasteiger partial charge in [0.25, 0.3) is 0 Å². The second-order valence-corrected chi connectivity index (χ2v) is 7.77. The maximum Gasteiger partial charge on any atom is 0.180 e. The molecule has 0 bridgehead atoms. The average molecular weight is 382 g/mol. The fraction of sp³-hybridized carbons (Fsp3) is 0.333. The molecule has 0 aromatic heterocycles. The van der Waals surface area contributed by atoms with Gasteiger partial charge >= 0.3 is 0 Å². The van der Waals surface area contributed by atoms with Crippen molar-refractivity contribution in [2.45, 2.75) is 12.3 Å². The molecule has 2 N–H and O–H groups in total. The van der Waals surface area contributed by atoms with Gasteiger partial charge in [0.2, 0.25) is 0 Å². The van der Waals surface area contributed by atoms with E-state index in [1.807, 2.05) is 18.2 Å². The van der Waals surface area contributed by atoms with Gasteiger partial charge in [0.1, 0.15) is 0 Å². The van der Waals surface area contributed by atoms with Crippen LogP contribution in [-0.2, 0) is 12.3 Å². The summed E-state index contributed by atoms with van der Waals surface area (Å²) in [5.41, 5.74) is 9.50. The summed E-state index contributed by atoms with van der Waals surface area (Å²) in [6.45, 7) is 5.56. The average Bonchev–Trinajstić information content (AvgIpc) is 2.70. The van der Waals surface area contributed by atoms with Crippen LogP contribution in [0.25, 0.3) is 0 Å². The van der Waals surface area contributed by atoms with Crippen molar-refractivity contribution in [2.75, 3.05) is 33.2 Å². The standard InChI is InChI=1S/C21H27N5S/c1-25-11-13-26(14-12-25)16-19-9-7-18(8-10-19)15-23-24-21(22)27-17-20-5-3-2-4-6-20/h2-10,15H,11-14,16-17H2,1H3,(H2,22,24). The van der Waals surface area contributed by atoms with E-state index in [0.29, 0.717) is 5.17 Å². The summed E-state index contributed by atoms with van der Waals surface area (Å²) in [6, 6.07) is 18.7. The fourth-order valence-corrected chi connectivity index (χ4v) is 3.50. The van der Waals surface area contributed by atoms with Crippen LogP contribution in [0.4, 0.5) is 0 Å². The van der Waals surface area contributed by atoms with Gasteiger partial charge in [-0.1, -0.05) is 66.4 Å². The number of hydrogen-bond acceptors (Lipinski definition) is 5. The van der Waals surface area contributed by atoms with Gasteiger partial charge in [-0.2, -0.15) is 5.10 Å². The summed E-state index contributed by atoms with van der Waals surface area (Å²) in [5, 5.41) is 8.65. The van der Waals surface area contributed by atoms with Gasteiger partial charge in [0.05, 0.1) is 6.21 Å².